The van der Waals surface area contributed by atoms with Gasteiger partial charge in [-0.2, -0.15) is 13.2 Å². The summed E-state index contributed by atoms with van der Waals surface area (Å²) in [6.07, 6.45) is -4.37. The fourth-order valence-corrected chi connectivity index (χ4v) is 2.37. The molecule has 0 saturated carbocycles. The minimum absolute atomic E-state index is 0. The van der Waals surface area contributed by atoms with E-state index in [2.05, 4.69) is 5.32 Å². The lowest BCUT2D eigenvalue weighted by atomic mass is 9.95. The zero-order valence-electron chi connectivity index (χ0n) is 14.7. The van der Waals surface area contributed by atoms with Gasteiger partial charge < -0.3 is 15.8 Å². The van der Waals surface area contributed by atoms with E-state index in [9.17, 15) is 18.0 Å². The van der Waals surface area contributed by atoms with E-state index >= 15 is 0 Å². The van der Waals surface area contributed by atoms with Crippen LogP contribution in [0.25, 0.3) is 0 Å². The fraction of sp³-hybridized carbons (Fsp3) is 0.316. The summed E-state index contributed by atoms with van der Waals surface area (Å²) in [5.41, 5.74) is 6.24. The highest BCUT2D eigenvalue weighted by molar-refractivity contribution is 5.85. The van der Waals surface area contributed by atoms with E-state index in [0.717, 1.165) is 17.7 Å². The third-order valence-electron chi connectivity index (χ3n) is 3.99. The lowest BCUT2D eigenvalue weighted by Crippen LogP contribution is -2.37. The van der Waals surface area contributed by atoms with Gasteiger partial charge in [-0.25, -0.2) is 0 Å². The number of hydrogen-bond donors (Lipinski definition) is 2. The number of nitrogens with two attached hydrogens (primary N) is 1. The van der Waals surface area contributed by atoms with Gasteiger partial charge in [-0.3, -0.25) is 4.79 Å². The topological polar surface area (TPSA) is 64.3 Å². The molecule has 0 fully saturated rings. The zero-order chi connectivity index (χ0) is 19.2. The second-order valence-corrected chi connectivity index (χ2v) is 5.89. The maximum Gasteiger partial charge on any atom is 0.416 e. The van der Waals surface area contributed by atoms with Crippen molar-refractivity contribution in [3.05, 3.63) is 65.7 Å². The van der Waals surface area contributed by atoms with Gasteiger partial charge in [0.2, 0.25) is 5.91 Å². The molecule has 4 nitrogen and oxygen atoms in total. The van der Waals surface area contributed by atoms with Crippen molar-refractivity contribution in [3.63, 3.8) is 0 Å². The van der Waals surface area contributed by atoms with Crippen LogP contribution >= 0.6 is 12.4 Å². The smallest absolute Gasteiger partial charge is 0.416 e. The lowest BCUT2D eigenvalue weighted by Gasteiger charge is -2.20. The third kappa shape index (κ3) is 6.77. The van der Waals surface area contributed by atoms with Gasteiger partial charge in [-0.05, 0) is 29.8 Å². The molecule has 0 aliphatic rings. The number of halogens is 4. The van der Waals surface area contributed by atoms with Crippen LogP contribution < -0.4 is 15.8 Å². The van der Waals surface area contributed by atoms with Gasteiger partial charge in [0.15, 0.2) is 0 Å². The van der Waals surface area contributed by atoms with Crippen molar-refractivity contribution < 1.29 is 22.7 Å². The SMILES string of the molecule is CC(C(=O)NCCOc1ccc(C(F)(F)F)cc1)C(N)c1ccccc1.Cl. The lowest BCUT2D eigenvalue weighted by molar-refractivity contribution is -0.137. The van der Waals surface area contributed by atoms with Crippen molar-refractivity contribution in [1.29, 1.82) is 0 Å². The number of amides is 1. The van der Waals surface area contributed by atoms with Gasteiger partial charge in [0.1, 0.15) is 12.4 Å². The summed E-state index contributed by atoms with van der Waals surface area (Å²) in [7, 11) is 0. The summed E-state index contributed by atoms with van der Waals surface area (Å²) in [4.78, 5) is 12.2. The molecule has 8 heteroatoms. The molecule has 0 bridgehead atoms. The van der Waals surface area contributed by atoms with Gasteiger partial charge in [0.25, 0.3) is 0 Å². The van der Waals surface area contributed by atoms with Crippen LogP contribution in [0.5, 0.6) is 5.75 Å². The normalized spacial score (nSPS) is 13.2. The van der Waals surface area contributed by atoms with E-state index in [-0.39, 0.29) is 31.5 Å². The number of carbonyl (C=O) groups excluding carboxylic acids is 1. The van der Waals surface area contributed by atoms with Crippen molar-refractivity contribution in [1.82, 2.24) is 5.32 Å². The van der Waals surface area contributed by atoms with E-state index < -0.39 is 23.7 Å². The summed E-state index contributed by atoms with van der Waals surface area (Å²) in [5, 5.41) is 2.72. The summed E-state index contributed by atoms with van der Waals surface area (Å²) < 4.78 is 42.8. The van der Waals surface area contributed by atoms with Gasteiger partial charge in [-0.1, -0.05) is 37.3 Å². The van der Waals surface area contributed by atoms with E-state index in [1.807, 2.05) is 30.3 Å². The Bertz CT molecular complexity index is 709. The van der Waals surface area contributed by atoms with Gasteiger partial charge >= 0.3 is 6.18 Å². The Morgan fingerprint density at radius 3 is 2.26 bits per heavy atom. The molecule has 2 aromatic rings. The summed E-state index contributed by atoms with van der Waals surface area (Å²) >= 11 is 0. The molecule has 0 radical (unpaired) electrons. The molecule has 0 spiro atoms. The number of nitrogens with one attached hydrogen (secondary N) is 1. The van der Waals surface area contributed by atoms with E-state index in [1.54, 1.807) is 6.92 Å². The Labute approximate surface area is 162 Å². The maximum absolute atomic E-state index is 12.5. The Balaban J connectivity index is 0.00000364. The molecule has 3 N–H and O–H groups in total. The zero-order valence-corrected chi connectivity index (χ0v) is 15.5. The van der Waals surface area contributed by atoms with Gasteiger partial charge in [-0.15, -0.1) is 12.4 Å². The second kappa shape index (κ2) is 10.2. The number of ether oxygens (including phenoxy) is 1. The van der Waals surface area contributed by atoms with Crippen LogP contribution in [-0.2, 0) is 11.0 Å². The average molecular weight is 403 g/mol. The standard InChI is InChI=1S/C19H21F3N2O2.ClH/c1-13(17(23)14-5-3-2-4-6-14)18(25)24-11-12-26-16-9-7-15(8-10-16)19(20,21)22;/h2-10,13,17H,11-12,23H2,1H3,(H,24,25);1H. The molecular weight excluding hydrogens is 381 g/mol. The van der Waals surface area contributed by atoms with Crippen molar-refractivity contribution in [3.8, 4) is 5.75 Å². The number of alkyl halides is 3. The van der Waals surface area contributed by atoms with Crippen molar-refractivity contribution >= 4 is 18.3 Å². The van der Waals surface area contributed by atoms with Crippen LogP contribution in [0.4, 0.5) is 13.2 Å². The molecule has 1 amide bonds. The molecule has 0 heterocycles. The summed E-state index contributed by atoms with van der Waals surface area (Å²) in [6, 6.07) is 13.3. The van der Waals surface area contributed by atoms with Gasteiger partial charge in [0, 0.05) is 6.04 Å². The van der Waals surface area contributed by atoms with Crippen LogP contribution in [-0.4, -0.2) is 19.1 Å². The summed E-state index contributed by atoms with van der Waals surface area (Å²) in [6.45, 7) is 2.11. The first-order chi connectivity index (χ1) is 12.3. The molecule has 2 unspecified atom stereocenters. The van der Waals surface area contributed by atoms with Gasteiger partial charge in [0.05, 0.1) is 18.0 Å². The third-order valence-corrected chi connectivity index (χ3v) is 3.99. The van der Waals surface area contributed by atoms with Crippen LogP contribution in [0.1, 0.15) is 24.1 Å². The number of rotatable bonds is 7. The molecule has 2 rings (SSSR count). The fourth-order valence-electron chi connectivity index (χ4n) is 2.37. The first kappa shape index (κ1) is 22.8. The Hall–Kier alpha value is -2.25. The first-order valence-electron chi connectivity index (χ1n) is 8.17. The van der Waals surface area contributed by atoms with E-state index in [1.165, 1.54) is 12.1 Å². The van der Waals surface area contributed by atoms with Crippen molar-refractivity contribution in [2.45, 2.75) is 19.1 Å². The number of carbonyl (C=O) groups is 1. The molecule has 2 atom stereocenters. The molecule has 0 saturated heterocycles. The molecule has 2 aromatic carbocycles. The Kier molecular flexibility index (Phi) is 8.59. The van der Waals surface area contributed by atoms with Crippen molar-refractivity contribution in [2.24, 2.45) is 11.7 Å². The molecule has 27 heavy (non-hydrogen) atoms. The van der Waals surface area contributed by atoms with E-state index in [4.69, 9.17) is 10.5 Å². The van der Waals surface area contributed by atoms with E-state index in [0.29, 0.717) is 5.75 Å². The molecular formula is C19H22ClF3N2O2. The predicted molar refractivity (Wildman–Crippen MR) is 99.7 cm³/mol. The van der Waals surface area contributed by atoms with Crippen LogP contribution in [0.15, 0.2) is 54.6 Å². The molecule has 0 aromatic heterocycles. The number of hydrogen-bond acceptors (Lipinski definition) is 3. The van der Waals surface area contributed by atoms with Crippen LogP contribution in [0.3, 0.4) is 0 Å². The molecule has 148 valence electrons. The van der Waals surface area contributed by atoms with Crippen LogP contribution in [0.2, 0.25) is 0 Å². The second-order valence-electron chi connectivity index (χ2n) is 5.89. The Morgan fingerprint density at radius 2 is 1.70 bits per heavy atom. The van der Waals surface area contributed by atoms with Crippen molar-refractivity contribution in [2.75, 3.05) is 13.2 Å². The highest BCUT2D eigenvalue weighted by Gasteiger charge is 2.30. The minimum atomic E-state index is -4.37. The molecule has 0 aliphatic carbocycles. The monoisotopic (exact) mass is 402 g/mol. The maximum atomic E-state index is 12.5. The Morgan fingerprint density at radius 1 is 1.11 bits per heavy atom. The largest absolute Gasteiger partial charge is 0.492 e. The first-order valence-corrected chi connectivity index (χ1v) is 8.17. The average Bonchev–Trinajstić information content (AvgIpc) is 2.64. The highest BCUT2D eigenvalue weighted by Crippen LogP contribution is 2.30. The highest BCUT2D eigenvalue weighted by atomic mass is 35.5. The molecule has 0 aliphatic heterocycles. The minimum Gasteiger partial charge on any atom is -0.492 e. The predicted octanol–water partition coefficient (Wildman–Crippen LogP) is 3.96. The quantitative estimate of drug-likeness (QED) is 0.689. The number of benzene rings is 2. The van der Waals surface area contributed by atoms with Crippen LogP contribution in [0, 0.1) is 5.92 Å². The summed E-state index contributed by atoms with van der Waals surface area (Å²) in [5.74, 6) is -0.331.